The van der Waals surface area contributed by atoms with Crippen LogP contribution in [0.3, 0.4) is 0 Å². The number of halogens is 2. The van der Waals surface area contributed by atoms with Crippen LogP contribution in [-0.4, -0.2) is 23.3 Å². The molecule has 0 saturated carbocycles. The lowest BCUT2D eigenvalue weighted by atomic mass is 10.1. The van der Waals surface area contributed by atoms with Gasteiger partial charge < -0.3 is 10.6 Å². The quantitative estimate of drug-likeness (QED) is 0.766. The highest BCUT2D eigenvalue weighted by Gasteiger charge is 2.12. The first-order valence-electron chi connectivity index (χ1n) is 7.41. The van der Waals surface area contributed by atoms with Gasteiger partial charge in [-0.1, -0.05) is 18.2 Å². The van der Waals surface area contributed by atoms with E-state index in [4.69, 9.17) is 0 Å². The second kappa shape index (κ2) is 7.04. The maximum absolute atomic E-state index is 13.1. The van der Waals surface area contributed by atoms with E-state index in [9.17, 15) is 18.4 Å². The Balaban J connectivity index is 1.65. The van der Waals surface area contributed by atoms with Crippen molar-refractivity contribution < 1.29 is 18.4 Å². The van der Waals surface area contributed by atoms with Crippen molar-refractivity contribution in [2.45, 2.75) is 0 Å². The number of anilines is 1. The van der Waals surface area contributed by atoms with Gasteiger partial charge in [0.05, 0.1) is 17.6 Å². The van der Waals surface area contributed by atoms with Gasteiger partial charge in [-0.25, -0.2) is 8.78 Å². The van der Waals surface area contributed by atoms with Crippen molar-refractivity contribution in [3.63, 3.8) is 0 Å². The molecule has 25 heavy (non-hydrogen) atoms. The molecular weight excluding hydrogens is 328 g/mol. The van der Waals surface area contributed by atoms with Crippen molar-refractivity contribution in [2.24, 2.45) is 0 Å². The Bertz CT molecular complexity index is 955. The van der Waals surface area contributed by atoms with Crippen LogP contribution in [0.5, 0.6) is 0 Å². The van der Waals surface area contributed by atoms with Crippen molar-refractivity contribution in [2.75, 3.05) is 11.9 Å². The average Bonchev–Trinajstić information content (AvgIpc) is 2.62. The Kier molecular flexibility index (Phi) is 4.65. The summed E-state index contributed by atoms with van der Waals surface area (Å²) in [6.07, 6.45) is 1.58. The van der Waals surface area contributed by atoms with Gasteiger partial charge in [0.1, 0.15) is 0 Å². The predicted octanol–water partition coefficient (Wildman–Crippen LogP) is 2.88. The van der Waals surface area contributed by atoms with E-state index >= 15 is 0 Å². The van der Waals surface area contributed by atoms with Gasteiger partial charge >= 0.3 is 0 Å². The summed E-state index contributed by atoms with van der Waals surface area (Å²) >= 11 is 0. The summed E-state index contributed by atoms with van der Waals surface area (Å²) in [5.74, 6) is -3.09. The van der Waals surface area contributed by atoms with Crippen LogP contribution in [0.4, 0.5) is 14.5 Å². The molecule has 0 fully saturated rings. The maximum atomic E-state index is 13.1. The molecule has 7 heteroatoms. The first-order valence-corrected chi connectivity index (χ1v) is 7.41. The molecule has 5 nitrogen and oxygen atoms in total. The normalized spacial score (nSPS) is 10.5. The molecule has 0 aliphatic carbocycles. The molecule has 0 bridgehead atoms. The van der Waals surface area contributed by atoms with Crippen LogP contribution in [0.2, 0.25) is 0 Å². The molecule has 2 N–H and O–H groups in total. The minimum Gasteiger partial charge on any atom is -0.343 e. The SMILES string of the molecule is O=C(CNC(=O)c1cccc2cccnc12)Nc1ccc(F)c(F)c1. The monoisotopic (exact) mass is 341 g/mol. The molecule has 0 aliphatic rings. The first-order chi connectivity index (χ1) is 12.0. The fourth-order valence-corrected chi connectivity index (χ4v) is 2.32. The summed E-state index contributed by atoms with van der Waals surface area (Å²) in [4.78, 5) is 28.3. The number of nitrogens with one attached hydrogen (secondary N) is 2. The molecule has 0 spiro atoms. The molecule has 0 atom stereocenters. The number of fused-ring (bicyclic) bond motifs is 1. The number of carbonyl (C=O) groups excluding carboxylic acids is 2. The molecule has 3 aromatic rings. The molecule has 2 amide bonds. The van der Waals surface area contributed by atoms with E-state index in [1.807, 2.05) is 12.1 Å². The van der Waals surface area contributed by atoms with Gasteiger partial charge in [0.2, 0.25) is 5.91 Å². The number of rotatable bonds is 4. The highest BCUT2D eigenvalue weighted by molar-refractivity contribution is 6.06. The van der Waals surface area contributed by atoms with Crippen LogP contribution in [-0.2, 0) is 4.79 Å². The second-order valence-electron chi connectivity index (χ2n) is 5.24. The summed E-state index contributed by atoms with van der Waals surface area (Å²) in [5, 5.41) is 5.66. The van der Waals surface area contributed by atoms with E-state index < -0.39 is 23.4 Å². The number of hydrogen-bond acceptors (Lipinski definition) is 3. The third-order valence-corrected chi connectivity index (χ3v) is 3.49. The summed E-state index contributed by atoms with van der Waals surface area (Å²) in [5.41, 5.74) is 0.979. The van der Waals surface area contributed by atoms with E-state index in [0.717, 1.165) is 17.5 Å². The van der Waals surface area contributed by atoms with Crippen molar-refractivity contribution >= 4 is 28.4 Å². The number of hydrogen-bond donors (Lipinski definition) is 2. The zero-order chi connectivity index (χ0) is 17.8. The van der Waals surface area contributed by atoms with Crippen LogP contribution >= 0.6 is 0 Å². The lowest BCUT2D eigenvalue weighted by Crippen LogP contribution is -2.33. The lowest BCUT2D eigenvalue weighted by Gasteiger charge is -2.08. The molecule has 2 aromatic carbocycles. The fourth-order valence-electron chi connectivity index (χ4n) is 2.32. The third-order valence-electron chi connectivity index (χ3n) is 3.49. The molecule has 0 radical (unpaired) electrons. The highest BCUT2D eigenvalue weighted by Crippen LogP contribution is 2.16. The van der Waals surface area contributed by atoms with Crippen LogP contribution < -0.4 is 10.6 Å². The van der Waals surface area contributed by atoms with E-state index in [2.05, 4.69) is 15.6 Å². The molecular formula is C18H13F2N3O2. The largest absolute Gasteiger partial charge is 0.343 e. The molecule has 126 valence electrons. The van der Waals surface area contributed by atoms with Gasteiger partial charge in [-0.05, 0) is 24.3 Å². The molecule has 3 rings (SSSR count). The van der Waals surface area contributed by atoms with E-state index in [1.165, 1.54) is 6.07 Å². The Morgan fingerprint density at radius 2 is 1.80 bits per heavy atom. The zero-order valence-electron chi connectivity index (χ0n) is 12.9. The molecule has 0 aliphatic heterocycles. The Labute approximate surface area is 141 Å². The summed E-state index contributed by atoms with van der Waals surface area (Å²) in [6, 6.07) is 11.8. The van der Waals surface area contributed by atoms with Gasteiger partial charge in [-0.3, -0.25) is 14.6 Å². The topological polar surface area (TPSA) is 71.1 Å². The summed E-state index contributed by atoms with van der Waals surface area (Å²) in [6.45, 7) is -0.318. The molecule has 0 unspecified atom stereocenters. The fraction of sp³-hybridized carbons (Fsp3) is 0.0556. The van der Waals surface area contributed by atoms with Gasteiger partial charge in [-0.15, -0.1) is 0 Å². The number of nitrogens with zero attached hydrogens (tertiary/aromatic N) is 1. The molecule has 0 saturated heterocycles. The number of para-hydroxylation sites is 1. The minimum absolute atomic E-state index is 0.102. The van der Waals surface area contributed by atoms with E-state index in [0.29, 0.717) is 11.1 Å². The Hall–Kier alpha value is -3.35. The van der Waals surface area contributed by atoms with Crippen LogP contribution in [0.25, 0.3) is 10.9 Å². The third kappa shape index (κ3) is 3.77. The van der Waals surface area contributed by atoms with E-state index in [1.54, 1.807) is 24.4 Å². The summed E-state index contributed by atoms with van der Waals surface area (Å²) in [7, 11) is 0. The van der Waals surface area contributed by atoms with Crippen molar-refractivity contribution in [3.05, 3.63) is 71.9 Å². The van der Waals surface area contributed by atoms with Gasteiger partial charge in [0.15, 0.2) is 11.6 Å². The number of aromatic nitrogens is 1. The number of benzene rings is 2. The average molecular weight is 341 g/mol. The minimum atomic E-state index is -1.07. The molecule has 1 aromatic heterocycles. The number of carbonyl (C=O) groups is 2. The van der Waals surface area contributed by atoms with Gasteiger partial charge in [-0.2, -0.15) is 0 Å². The van der Waals surface area contributed by atoms with Gasteiger partial charge in [0, 0.05) is 23.3 Å². The Morgan fingerprint density at radius 1 is 1.00 bits per heavy atom. The van der Waals surface area contributed by atoms with E-state index in [-0.39, 0.29) is 12.2 Å². The van der Waals surface area contributed by atoms with Crippen molar-refractivity contribution in [3.8, 4) is 0 Å². The van der Waals surface area contributed by atoms with Crippen molar-refractivity contribution in [1.29, 1.82) is 0 Å². The summed E-state index contributed by atoms with van der Waals surface area (Å²) < 4.78 is 26.0. The lowest BCUT2D eigenvalue weighted by molar-refractivity contribution is -0.115. The highest BCUT2D eigenvalue weighted by atomic mass is 19.2. The van der Waals surface area contributed by atoms with Crippen LogP contribution in [0.1, 0.15) is 10.4 Å². The Morgan fingerprint density at radius 3 is 2.60 bits per heavy atom. The first kappa shape index (κ1) is 16.5. The molecule has 1 heterocycles. The number of pyridine rings is 1. The second-order valence-corrected chi connectivity index (χ2v) is 5.24. The van der Waals surface area contributed by atoms with Crippen LogP contribution in [0.15, 0.2) is 54.7 Å². The maximum Gasteiger partial charge on any atom is 0.253 e. The van der Waals surface area contributed by atoms with Crippen molar-refractivity contribution in [1.82, 2.24) is 10.3 Å². The zero-order valence-corrected chi connectivity index (χ0v) is 12.9. The van der Waals surface area contributed by atoms with Gasteiger partial charge in [0.25, 0.3) is 5.91 Å². The standard InChI is InChI=1S/C18H13F2N3O2/c19-14-7-6-12(9-15(14)20)23-16(24)10-22-18(25)13-5-1-3-11-4-2-8-21-17(11)13/h1-9H,10H2,(H,22,25)(H,23,24). The van der Waals surface area contributed by atoms with Crippen LogP contribution in [0, 0.1) is 11.6 Å². The smallest absolute Gasteiger partial charge is 0.253 e. The number of amides is 2. The predicted molar refractivity (Wildman–Crippen MR) is 89.1 cm³/mol.